The van der Waals surface area contributed by atoms with Crippen LogP contribution in [0.4, 0.5) is 11.4 Å². The van der Waals surface area contributed by atoms with Crippen LogP contribution in [0.3, 0.4) is 0 Å². The summed E-state index contributed by atoms with van der Waals surface area (Å²) in [6, 6.07) is 5.92. The monoisotopic (exact) mass is 322 g/mol. The van der Waals surface area contributed by atoms with Crippen molar-refractivity contribution in [3.05, 3.63) is 42.0 Å². The van der Waals surface area contributed by atoms with Crippen LogP contribution < -0.4 is 14.5 Å². The quantitative estimate of drug-likeness (QED) is 0.848. The molecule has 24 heavy (non-hydrogen) atoms. The summed E-state index contributed by atoms with van der Waals surface area (Å²) in [6.07, 6.45) is 5.43. The average molecular weight is 322 g/mol. The molecule has 0 unspecified atom stereocenters. The van der Waals surface area contributed by atoms with E-state index < -0.39 is 0 Å². The molecule has 5 rings (SSSR count). The highest BCUT2D eigenvalue weighted by Gasteiger charge is 2.35. The number of anilines is 2. The van der Waals surface area contributed by atoms with Gasteiger partial charge in [0.05, 0.1) is 23.5 Å². The van der Waals surface area contributed by atoms with E-state index in [4.69, 9.17) is 4.74 Å². The molecular formula is C18H18N4O2. The van der Waals surface area contributed by atoms with Gasteiger partial charge in [-0.15, -0.1) is 0 Å². The lowest BCUT2D eigenvalue weighted by atomic mass is 10.1. The van der Waals surface area contributed by atoms with Gasteiger partial charge in [0.2, 0.25) is 0 Å². The molecule has 6 heteroatoms. The molecule has 0 saturated heterocycles. The summed E-state index contributed by atoms with van der Waals surface area (Å²) in [7, 11) is 0. The maximum atomic E-state index is 13.2. The molecule has 2 aromatic rings. The second-order valence-electron chi connectivity index (χ2n) is 6.51. The number of aromatic nitrogens is 2. The normalized spacial score (nSPS) is 18.8. The van der Waals surface area contributed by atoms with Crippen molar-refractivity contribution in [2.75, 3.05) is 36.0 Å². The Kier molecular flexibility index (Phi) is 2.98. The number of hydrogen-bond donors (Lipinski definition) is 0. The van der Waals surface area contributed by atoms with Crippen molar-refractivity contribution in [2.45, 2.75) is 18.8 Å². The summed E-state index contributed by atoms with van der Waals surface area (Å²) in [5.74, 6) is 1.28. The number of hydrogen-bond acceptors (Lipinski definition) is 5. The Morgan fingerprint density at radius 3 is 3.00 bits per heavy atom. The third-order valence-electron chi connectivity index (χ3n) is 4.98. The van der Waals surface area contributed by atoms with E-state index in [1.807, 2.05) is 23.1 Å². The average Bonchev–Trinajstić information content (AvgIpc) is 3.47. The molecule has 1 aliphatic carbocycles. The summed E-state index contributed by atoms with van der Waals surface area (Å²) >= 11 is 0. The van der Waals surface area contributed by atoms with Crippen LogP contribution in [0, 0.1) is 0 Å². The fraction of sp³-hybridized carbons (Fsp3) is 0.389. The Morgan fingerprint density at radius 2 is 2.12 bits per heavy atom. The van der Waals surface area contributed by atoms with E-state index in [1.54, 1.807) is 12.5 Å². The number of carbonyl (C=O) groups excluding carboxylic acids is 1. The fourth-order valence-electron chi connectivity index (χ4n) is 3.65. The number of amides is 1. The molecule has 1 aromatic carbocycles. The van der Waals surface area contributed by atoms with Crippen LogP contribution in [0.5, 0.6) is 5.75 Å². The largest absolute Gasteiger partial charge is 0.489 e. The molecule has 0 radical (unpaired) electrons. The number of carbonyl (C=O) groups is 1. The van der Waals surface area contributed by atoms with E-state index in [2.05, 4.69) is 14.9 Å². The van der Waals surface area contributed by atoms with Gasteiger partial charge in [-0.3, -0.25) is 4.79 Å². The smallest absolute Gasteiger partial charge is 0.261 e. The van der Waals surface area contributed by atoms with Crippen LogP contribution in [0.2, 0.25) is 0 Å². The lowest BCUT2D eigenvalue weighted by Crippen LogP contribution is -2.47. The highest BCUT2D eigenvalue weighted by Crippen LogP contribution is 2.44. The number of para-hydroxylation sites is 1. The molecule has 0 spiro atoms. The molecule has 3 heterocycles. The zero-order chi connectivity index (χ0) is 16.1. The molecule has 0 atom stereocenters. The zero-order valence-electron chi connectivity index (χ0n) is 13.3. The van der Waals surface area contributed by atoms with Gasteiger partial charge in [-0.05, 0) is 25.0 Å². The van der Waals surface area contributed by atoms with Crippen LogP contribution in [-0.4, -0.2) is 42.1 Å². The van der Waals surface area contributed by atoms with E-state index in [1.165, 1.54) is 0 Å². The van der Waals surface area contributed by atoms with Gasteiger partial charge in [-0.1, -0.05) is 6.07 Å². The van der Waals surface area contributed by atoms with E-state index in [-0.39, 0.29) is 5.91 Å². The fourth-order valence-corrected chi connectivity index (χ4v) is 3.65. The summed E-state index contributed by atoms with van der Waals surface area (Å²) in [4.78, 5) is 25.9. The van der Waals surface area contributed by atoms with Crippen molar-refractivity contribution in [3.63, 3.8) is 0 Å². The van der Waals surface area contributed by atoms with E-state index >= 15 is 0 Å². The van der Waals surface area contributed by atoms with Crippen molar-refractivity contribution < 1.29 is 9.53 Å². The van der Waals surface area contributed by atoms with Gasteiger partial charge in [0, 0.05) is 25.2 Å². The van der Waals surface area contributed by atoms with Crippen molar-refractivity contribution in [2.24, 2.45) is 0 Å². The Bertz CT molecular complexity index is 818. The maximum absolute atomic E-state index is 13.2. The highest BCUT2D eigenvalue weighted by atomic mass is 16.5. The zero-order valence-corrected chi connectivity index (χ0v) is 13.3. The molecule has 1 amide bonds. The summed E-state index contributed by atoms with van der Waals surface area (Å²) < 4.78 is 5.77. The topological polar surface area (TPSA) is 58.6 Å². The van der Waals surface area contributed by atoms with Crippen LogP contribution in [0.1, 0.15) is 34.8 Å². The minimum atomic E-state index is -0.00359. The van der Waals surface area contributed by atoms with Gasteiger partial charge >= 0.3 is 0 Å². The first-order chi connectivity index (χ1) is 11.8. The Labute approximate surface area is 140 Å². The first-order valence-electron chi connectivity index (χ1n) is 8.45. The molecule has 1 aromatic heterocycles. The Hall–Kier alpha value is -2.63. The van der Waals surface area contributed by atoms with Gasteiger partial charge in [-0.2, -0.15) is 0 Å². The number of nitrogens with zero attached hydrogens (tertiary/aromatic N) is 4. The van der Waals surface area contributed by atoms with E-state index in [0.29, 0.717) is 24.6 Å². The minimum Gasteiger partial charge on any atom is -0.489 e. The van der Waals surface area contributed by atoms with Crippen molar-refractivity contribution in [1.82, 2.24) is 9.97 Å². The lowest BCUT2D eigenvalue weighted by molar-refractivity contribution is 0.0984. The Morgan fingerprint density at radius 1 is 1.21 bits per heavy atom. The maximum Gasteiger partial charge on any atom is 0.261 e. The summed E-state index contributed by atoms with van der Waals surface area (Å²) in [5, 5.41) is 0. The van der Waals surface area contributed by atoms with Crippen molar-refractivity contribution in [3.8, 4) is 5.75 Å². The highest BCUT2D eigenvalue weighted by molar-refractivity contribution is 6.09. The first-order valence-corrected chi connectivity index (χ1v) is 8.45. The predicted molar refractivity (Wildman–Crippen MR) is 89.8 cm³/mol. The lowest BCUT2D eigenvalue weighted by Gasteiger charge is -2.41. The second kappa shape index (κ2) is 5.19. The number of ether oxygens (including phenoxy) is 1. The number of benzene rings is 1. The SMILES string of the molecule is O=C(c1cncnc1C1CC1)N1CCN2CCOc3cccc1c32. The molecule has 2 aliphatic heterocycles. The number of rotatable bonds is 2. The van der Waals surface area contributed by atoms with Gasteiger partial charge in [-0.25, -0.2) is 9.97 Å². The van der Waals surface area contributed by atoms with Crippen molar-refractivity contribution in [1.29, 1.82) is 0 Å². The van der Waals surface area contributed by atoms with Crippen LogP contribution in [0.25, 0.3) is 0 Å². The minimum absolute atomic E-state index is 0.00359. The van der Waals surface area contributed by atoms with Crippen LogP contribution in [-0.2, 0) is 0 Å². The van der Waals surface area contributed by atoms with Crippen LogP contribution >= 0.6 is 0 Å². The third-order valence-corrected chi connectivity index (χ3v) is 4.98. The molecule has 1 fully saturated rings. The van der Waals surface area contributed by atoms with E-state index in [0.717, 1.165) is 48.7 Å². The second-order valence-corrected chi connectivity index (χ2v) is 6.51. The summed E-state index contributed by atoms with van der Waals surface area (Å²) in [6.45, 7) is 3.07. The summed E-state index contributed by atoms with van der Waals surface area (Å²) in [5.41, 5.74) is 3.50. The molecule has 1 saturated carbocycles. The van der Waals surface area contributed by atoms with Crippen LogP contribution in [0.15, 0.2) is 30.7 Å². The molecular weight excluding hydrogens is 304 g/mol. The standard InChI is InChI=1S/C18H18N4O2/c23-18(13-10-19-11-20-16(13)12-4-5-12)22-7-6-21-8-9-24-15-3-1-2-14(22)17(15)21/h1-3,10-12H,4-9H2. The molecule has 6 nitrogen and oxygen atoms in total. The van der Waals surface area contributed by atoms with Gasteiger partial charge in [0.15, 0.2) is 0 Å². The van der Waals surface area contributed by atoms with Gasteiger partial charge in [0.1, 0.15) is 24.4 Å². The first kappa shape index (κ1) is 13.8. The van der Waals surface area contributed by atoms with Crippen molar-refractivity contribution >= 4 is 17.3 Å². The van der Waals surface area contributed by atoms with Gasteiger partial charge < -0.3 is 14.5 Å². The van der Waals surface area contributed by atoms with Gasteiger partial charge in [0.25, 0.3) is 5.91 Å². The molecule has 0 bridgehead atoms. The molecule has 3 aliphatic rings. The Balaban J connectivity index is 1.57. The predicted octanol–water partition coefficient (Wildman–Crippen LogP) is 2.21. The molecule has 0 N–H and O–H groups in total. The van der Waals surface area contributed by atoms with E-state index in [9.17, 15) is 4.79 Å². The molecule has 122 valence electrons. The third kappa shape index (κ3) is 2.06.